The molecular formula is C13H19NO4S. The first-order chi connectivity index (χ1) is 8.80. The first-order valence-corrected chi connectivity index (χ1v) is 7.93. The van der Waals surface area contributed by atoms with E-state index in [1.54, 1.807) is 12.1 Å². The average molecular weight is 285 g/mol. The van der Waals surface area contributed by atoms with Gasteiger partial charge in [0.1, 0.15) is 4.90 Å². The Hall–Kier alpha value is -1.27. The highest BCUT2D eigenvalue weighted by molar-refractivity contribution is 7.90. The van der Waals surface area contributed by atoms with Crippen molar-refractivity contribution < 1.29 is 17.9 Å². The molecule has 0 spiro atoms. The standard InChI is InChI=1S/C13H19NO4S/c1-17-11-9(8-13(14)6-7-13)4-5-10(12(11)18-2)19(3,15)16/h4-5H,6-8,14H2,1-3H3. The van der Waals surface area contributed by atoms with Gasteiger partial charge < -0.3 is 15.2 Å². The normalized spacial score (nSPS) is 17.1. The number of methoxy groups -OCH3 is 2. The monoisotopic (exact) mass is 285 g/mol. The van der Waals surface area contributed by atoms with Gasteiger partial charge >= 0.3 is 0 Å². The Morgan fingerprint density at radius 2 is 1.79 bits per heavy atom. The fourth-order valence-electron chi connectivity index (χ4n) is 2.15. The molecule has 0 aliphatic heterocycles. The zero-order chi connectivity index (χ0) is 14.3. The highest BCUT2D eigenvalue weighted by atomic mass is 32.2. The molecule has 106 valence electrons. The van der Waals surface area contributed by atoms with Gasteiger partial charge in [0.2, 0.25) is 0 Å². The van der Waals surface area contributed by atoms with Crippen molar-refractivity contribution in [3.8, 4) is 11.5 Å². The van der Waals surface area contributed by atoms with E-state index in [1.807, 2.05) is 0 Å². The van der Waals surface area contributed by atoms with Crippen molar-refractivity contribution in [2.45, 2.75) is 29.7 Å². The van der Waals surface area contributed by atoms with Crippen LogP contribution in [0.4, 0.5) is 0 Å². The van der Waals surface area contributed by atoms with E-state index >= 15 is 0 Å². The smallest absolute Gasteiger partial charge is 0.179 e. The van der Waals surface area contributed by atoms with E-state index in [1.165, 1.54) is 14.2 Å². The molecule has 1 aliphatic carbocycles. The largest absolute Gasteiger partial charge is 0.493 e. The van der Waals surface area contributed by atoms with Crippen molar-refractivity contribution in [1.29, 1.82) is 0 Å². The maximum atomic E-state index is 11.7. The van der Waals surface area contributed by atoms with Gasteiger partial charge in [-0.1, -0.05) is 6.07 Å². The molecule has 2 rings (SSSR count). The minimum atomic E-state index is -3.36. The van der Waals surface area contributed by atoms with Gasteiger partial charge in [0, 0.05) is 11.8 Å². The third-order valence-corrected chi connectivity index (χ3v) is 4.52. The molecule has 0 heterocycles. The molecule has 0 radical (unpaired) electrons. The zero-order valence-electron chi connectivity index (χ0n) is 11.4. The zero-order valence-corrected chi connectivity index (χ0v) is 12.2. The number of sulfone groups is 1. The molecule has 6 heteroatoms. The van der Waals surface area contributed by atoms with Gasteiger partial charge in [0.15, 0.2) is 21.3 Å². The van der Waals surface area contributed by atoms with Gasteiger partial charge in [-0.05, 0) is 30.9 Å². The number of nitrogens with two attached hydrogens (primary N) is 1. The van der Waals surface area contributed by atoms with Crippen molar-refractivity contribution >= 4 is 9.84 Å². The molecular weight excluding hydrogens is 266 g/mol. The lowest BCUT2D eigenvalue weighted by molar-refractivity contribution is 0.342. The molecule has 1 aromatic rings. The SMILES string of the molecule is COc1c(CC2(N)CC2)ccc(S(C)(=O)=O)c1OC. The molecule has 19 heavy (non-hydrogen) atoms. The van der Waals surface area contributed by atoms with E-state index < -0.39 is 9.84 Å². The Morgan fingerprint density at radius 1 is 1.21 bits per heavy atom. The summed E-state index contributed by atoms with van der Waals surface area (Å²) >= 11 is 0. The minimum Gasteiger partial charge on any atom is -0.493 e. The van der Waals surface area contributed by atoms with Crippen molar-refractivity contribution in [1.82, 2.24) is 0 Å². The van der Waals surface area contributed by atoms with Crippen molar-refractivity contribution in [3.63, 3.8) is 0 Å². The Kier molecular flexibility index (Phi) is 3.49. The maximum absolute atomic E-state index is 11.7. The molecule has 0 saturated heterocycles. The molecule has 0 unspecified atom stereocenters. The molecule has 0 atom stereocenters. The van der Waals surface area contributed by atoms with Crippen LogP contribution in [-0.4, -0.2) is 34.4 Å². The van der Waals surface area contributed by atoms with Gasteiger partial charge in [0.25, 0.3) is 0 Å². The first kappa shape index (κ1) is 14.1. The summed E-state index contributed by atoms with van der Waals surface area (Å²) in [6.45, 7) is 0. The van der Waals surface area contributed by atoms with Crippen LogP contribution < -0.4 is 15.2 Å². The maximum Gasteiger partial charge on any atom is 0.179 e. The van der Waals surface area contributed by atoms with E-state index in [9.17, 15) is 8.42 Å². The third-order valence-electron chi connectivity index (χ3n) is 3.40. The Labute approximate surface area is 113 Å². The van der Waals surface area contributed by atoms with Crippen molar-refractivity contribution in [2.75, 3.05) is 20.5 Å². The van der Waals surface area contributed by atoms with E-state index in [0.29, 0.717) is 12.2 Å². The molecule has 0 amide bonds. The number of benzene rings is 1. The Balaban J connectivity index is 2.53. The number of rotatable bonds is 5. The molecule has 2 N–H and O–H groups in total. The molecule has 1 aliphatic rings. The molecule has 1 saturated carbocycles. The van der Waals surface area contributed by atoms with Crippen LogP contribution in [0.15, 0.2) is 17.0 Å². The number of hydrogen-bond acceptors (Lipinski definition) is 5. The predicted octanol–water partition coefficient (Wildman–Crippen LogP) is 1.14. The van der Waals surface area contributed by atoms with Gasteiger partial charge in [-0.3, -0.25) is 0 Å². The van der Waals surface area contributed by atoms with Gasteiger partial charge in [-0.2, -0.15) is 0 Å². The average Bonchev–Trinajstić information content (AvgIpc) is 3.04. The van der Waals surface area contributed by atoms with Crippen LogP contribution in [0.5, 0.6) is 11.5 Å². The second-order valence-electron chi connectivity index (χ2n) is 5.10. The molecule has 5 nitrogen and oxygen atoms in total. The van der Waals surface area contributed by atoms with Crippen LogP contribution in [0.25, 0.3) is 0 Å². The summed E-state index contributed by atoms with van der Waals surface area (Å²) < 4.78 is 34.0. The molecule has 0 bridgehead atoms. The lowest BCUT2D eigenvalue weighted by Gasteiger charge is -2.17. The van der Waals surface area contributed by atoms with Crippen LogP contribution in [0.1, 0.15) is 18.4 Å². The van der Waals surface area contributed by atoms with E-state index in [0.717, 1.165) is 24.7 Å². The lowest BCUT2D eigenvalue weighted by atomic mass is 10.0. The highest BCUT2D eigenvalue weighted by Gasteiger charge is 2.39. The fraction of sp³-hybridized carbons (Fsp3) is 0.538. The molecule has 1 aromatic carbocycles. The van der Waals surface area contributed by atoms with E-state index in [-0.39, 0.29) is 16.2 Å². The summed E-state index contributed by atoms with van der Waals surface area (Å²) in [4.78, 5) is 0.137. The van der Waals surface area contributed by atoms with Gasteiger partial charge in [-0.25, -0.2) is 8.42 Å². The highest BCUT2D eigenvalue weighted by Crippen LogP contribution is 2.42. The summed E-state index contributed by atoms with van der Waals surface area (Å²) in [6.07, 6.45) is 3.77. The lowest BCUT2D eigenvalue weighted by Crippen LogP contribution is -2.24. The Morgan fingerprint density at radius 3 is 2.21 bits per heavy atom. The van der Waals surface area contributed by atoms with Crippen LogP contribution in [0.3, 0.4) is 0 Å². The molecule has 0 aromatic heterocycles. The van der Waals surface area contributed by atoms with Crippen LogP contribution >= 0.6 is 0 Å². The van der Waals surface area contributed by atoms with Gasteiger partial charge in [0.05, 0.1) is 14.2 Å². The second kappa shape index (κ2) is 4.68. The van der Waals surface area contributed by atoms with Crippen LogP contribution in [0.2, 0.25) is 0 Å². The fourth-order valence-corrected chi connectivity index (χ4v) is 2.98. The summed E-state index contributed by atoms with van der Waals surface area (Å²) in [5.41, 5.74) is 6.81. The van der Waals surface area contributed by atoms with E-state index in [2.05, 4.69) is 0 Å². The first-order valence-electron chi connectivity index (χ1n) is 6.03. The van der Waals surface area contributed by atoms with Crippen LogP contribution in [-0.2, 0) is 16.3 Å². The summed E-state index contributed by atoms with van der Waals surface area (Å²) in [5, 5.41) is 0. The van der Waals surface area contributed by atoms with Crippen molar-refractivity contribution in [3.05, 3.63) is 17.7 Å². The van der Waals surface area contributed by atoms with Crippen molar-refractivity contribution in [2.24, 2.45) is 5.73 Å². The predicted molar refractivity (Wildman–Crippen MR) is 72.5 cm³/mol. The van der Waals surface area contributed by atoms with E-state index in [4.69, 9.17) is 15.2 Å². The quantitative estimate of drug-likeness (QED) is 0.877. The minimum absolute atomic E-state index is 0.137. The van der Waals surface area contributed by atoms with Gasteiger partial charge in [-0.15, -0.1) is 0 Å². The third kappa shape index (κ3) is 2.84. The number of hydrogen-bond donors (Lipinski definition) is 1. The second-order valence-corrected chi connectivity index (χ2v) is 7.08. The molecule has 1 fully saturated rings. The van der Waals surface area contributed by atoms with Crippen LogP contribution in [0, 0.1) is 0 Å². The number of ether oxygens (including phenoxy) is 2. The topological polar surface area (TPSA) is 78.6 Å². The Bertz CT molecular complexity index is 591. The summed E-state index contributed by atoms with van der Waals surface area (Å²) in [5.74, 6) is 0.717. The summed E-state index contributed by atoms with van der Waals surface area (Å²) in [7, 11) is -0.420. The summed E-state index contributed by atoms with van der Waals surface area (Å²) in [6, 6.07) is 3.31.